The van der Waals surface area contributed by atoms with Crippen LogP contribution in [0.4, 0.5) is 24.7 Å². The number of fused-ring (bicyclic) bond motifs is 1. The van der Waals surface area contributed by atoms with Crippen LogP contribution in [0.25, 0.3) is 22.2 Å². The Hall–Kier alpha value is -3.61. The zero-order valence-corrected chi connectivity index (χ0v) is 20.4. The van der Waals surface area contributed by atoms with Gasteiger partial charge < -0.3 is 10.6 Å². The number of benzene rings is 2. The summed E-state index contributed by atoms with van der Waals surface area (Å²) in [5, 5.41) is 7.53. The lowest BCUT2D eigenvalue weighted by atomic mass is 10.0. The topological polar surface area (TPSA) is 49.8 Å². The minimum Gasteiger partial charge on any atom is -0.385 e. The van der Waals surface area contributed by atoms with Gasteiger partial charge in [0.25, 0.3) is 0 Å². The molecule has 1 atom stereocenters. The van der Waals surface area contributed by atoms with E-state index in [0.29, 0.717) is 16.7 Å². The maximum atomic E-state index is 13.7. The number of alkyl halides is 3. The second-order valence-electron chi connectivity index (χ2n) is 7.85. The van der Waals surface area contributed by atoms with Gasteiger partial charge in [0.15, 0.2) is 5.82 Å². The normalized spacial score (nSPS) is 12.0. The average molecular weight is 481 g/mol. The third-order valence-electron chi connectivity index (χ3n) is 5.44. The number of nitrogens with zero attached hydrogens (tertiary/aromatic N) is 2. The molecule has 184 valence electrons. The van der Waals surface area contributed by atoms with Crippen LogP contribution in [0.15, 0.2) is 72.9 Å². The molecule has 0 aliphatic rings. The van der Waals surface area contributed by atoms with Crippen molar-refractivity contribution in [3.8, 4) is 11.3 Å². The van der Waals surface area contributed by atoms with Crippen molar-refractivity contribution >= 4 is 22.4 Å². The summed E-state index contributed by atoms with van der Waals surface area (Å²) in [7, 11) is 0. The molecule has 4 rings (SSSR count). The van der Waals surface area contributed by atoms with Crippen LogP contribution >= 0.6 is 0 Å². The van der Waals surface area contributed by atoms with Crippen LogP contribution in [0, 0.1) is 0 Å². The zero-order chi connectivity index (χ0) is 25.4. The summed E-state index contributed by atoms with van der Waals surface area (Å²) in [4.78, 5) is 9.05. The summed E-state index contributed by atoms with van der Waals surface area (Å²) in [5.74, 6) is 0.442. The highest BCUT2D eigenvalue weighted by Crippen LogP contribution is 2.38. The number of aromatic nitrogens is 2. The average Bonchev–Trinajstić information content (AvgIpc) is 2.88. The first-order valence-electron chi connectivity index (χ1n) is 11.9. The lowest BCUT2D eigenvalue weighted by Crippen LogP contribution is -2.13. The van der Waals surface area contributed by atoms with Crippen LogP contribution in [-0.2, 0) is 6.18 Å². The molecule has 0 amide bonds. The van der Waals surface area contributed by atoms with E-state index in [1.54, 1.807) is 24.4 Å². The Morgan fingerprint density at radius 1 is 0.943 bits per heavy atom. The molecule has 0 aliphatic carbocycles. The summed E-state index contributed by atoms with van der Waals surface area (Å²) in [6.07, 6.45) is -1.83. The number of hydrogen-bond donors (Lipinski definition) is 2. The Bertz CT molecular complexity index is 1250. The van der Waals surface area contributed by atoms with Gasteiger partial charge in [-0.1, -0.05) is 63.2 Å². The van der Waals surface area contributed by atoms with Gasteiger partial charge in [0, 0.05) is 29.4 Å². The van der Waals surface area contributed by atoms with E-state index >= 15 is 0 Å². The highest BCUT2D eigenvalue weighted by Gasteiger charge is 2.33. The van der Waals surface area contributed by atoms with Gasteiger partial charge in [-0.25, -0.2) is 4.98 Å². The Balaban J connectivity index is 0.00000167. The van der Waals surface area contributed by atoms with E-state index in [2.05, 4.69) is 27.5 Å². The van der Waals surface area contributed by atoms with Crippen LogP contribution in [-0.4, -0.2) is 16.5 Å². The van der Waals surface area contributed by atoms with Crippen LogP contribution < -0.4 is 10.6 Å². The summed E-state index contributed by atoms with van der Waals surface area (Å²) >= 11 is 0. The minimum atomic E-state index is -4.48. The molecule has 7 heteroatoms. The van der Waals surface area contributed by atoms with Gasteiger partial charge >= 0.3 is 6.18 Å². The Morgan fingerprint density at radius 2 is 1.66 bits per heavy atom. The molecular weight excluding hydrogens is 449 g/mol. The second kappa shape index (κ2) is 11.7. The van der Waals surface area contributed by atoms with Gasteiger partial charge in [-0.15, -0.1) is 0 Å². The molecule has 0 spiro atoms. The molecule has 0 bridgehead atoms. The predicted octanol–water partition coefficient (Wildman–Crippen LogP) is 8.34. The highest BCUT2D eigenvalue weighted by atomic mass is 19.4. The monoisotopic (exact) mass is 480 g/mol. The van der Waals surface area contributed by atoms with E-state index in [0.717, 1.165) is 30.3 Å². The summed E-state index contributed by atoms with van der Waals surface area (Å²) in [6.45, 7) is 8.94. The van der Waals surface area contributed by atoms with E-state index in [1.807, 2.05) is 51.1 Å². The van der Waals surface area contributed by atoms with Gasteiger partial charge in [0.2, 0.25) is 0 Å². The molecule has 0 fully saturated rings. The van der Waals surface area contributed by atoms with E-state index in [1.165, 1.54) is 12.1 Å². The predicted molar refractivity (Wildman–Crippen MR) is 139 cm³/mol. The lowest BCUT2D eigenvalue weighted by Gasteiger charge is -2.21. The lowest BCUT2D eigenvalue weighted by molar-refractivity contribution is -0.137. The molecule has 2 aromatic carbocycles. The first-order valence-corrected chi connectivity index (χ1v) is 11.9. The van der Waals surface area contributed by atoms with E-state index in [9.17, 15) is 13.2 Å². The fraction of sp³-hybridized carbons (Fsp3) is 0.286. The van der Waals surface area contributed by atoms with Gasteiger partial charge in [0.05, 0.1) is 17.3 Å². The number of halogens is 3. The van der Waals surface area contributed by atoms with Gasteiger partial charge in [-0.3, -0.25) is 4.98 Å². The quantitative estimate of drug-likeness (QED) is 0.279. The molecule has 0 saturated heterocycles. The van der Waals surface area contributed by atoms with Crippen molar-refractivity contribution in [3.63, 3.8) is 0 Å². The van der Waals surface area contributed by atoms with E-state index < -0.39 is 11.7 Å². The third-order valence-corrected chi connectivity index (χ3v) is 5.44. The summed E-state index contributed by atoms with van der Waals surface area (Å²) < 4.78 is 41.0. The third kappa shape index (κ3) is 6.10. The smallest absolute Gasteiger partial charge is 0.385 e. The van der Waals surface area contributed by atoms with Crippen molar-refractivity contribution < 1.29 is 13.2 Å². The first kappa shape index (κ1) is 26.0. The molecule has 2 aromatic heterocycles. The number of nitrogens with one attached hydrogen (secondary N) is 2. The first-order chi connectivity index (χ1) is 16.9. The Labute approximate surface area is 204 Å². The van der Waals surface area contributed by atoms with Crippen LogP contribution in [0.3, 0.4) is 0 Å². The van der Waals surface area contributed by atoms with Crippen molar-refractivity contribution in [3.05, 3.63) is 84.1 Å². The van der Waals surface area contributed by atoms with Crippen molar-refractivity contribution in [2.24, 2.45) is 0 Å². The standard InChI is InChI=1S/C26H25F3N4.C2H6/c1-3-14-30-22-13-7-5-10-19(22)17(2)32-25-24-18(9-8-15-31-24)16-23(33-25)20-11-4-6-12-21(20)26(27,28)29;1-2/h4-13,15-17,30H,3,14H2,1-2H3,(H,32,33);1-2H3. The largest absolute Gasteiger partial charge is 0.417 e. The molecular formula is C28H31F3N4. The molecule has 4 aromatic rings. The van der Waals surface area contributed by atoms with Gasteiger partial charge in [0.1, 0.15) is 5.52 Å². The van der Waals surface area contributed by atoms with Gasteiger partial charge in [-0.2, -0.15) is 13.2 Å². The fourth-order valence-electron chi connectivity index (χ4n) is 3.86. The molecule has 0 radical (unpaired) electrons. The van der Waals surface area contributed by atoms with E-state index in [-0.39, 0.29) is 17.3 Å². The number of pyridine rings is 2. The molecule has 35 heavy (non-hydrogen) atoms. The Kier molecular flexibility index (Phi) is 8.68. The molecule has 0 aliphatic heterocycles. The second-order valence-corrected chi connectivity index (χ2v) is 7.85. The van der Waals surface area contributed by atoms with Crippen molar-refractivity contribution in [2.45, 2.75) is 46.3 Å². The Morgan fingerprint density at radius 3 is 2.40 bits per heavy atom. The molecule has 1 unspecified atom stereocenters. The van der Waals surface area contributed by atoms with Gasteiger partial charge in [-0.05, 0) is 43.2 Å². The summed E-state index contributed by atoms with van der Waals surface area (Å²) in [5.41, 5.74) is 2.23. The highest BCUT2D eigenvalue weighted by molar-refractivity contribution is 5.91. The van der Waals surface area contributed by atoms with Crippen LogP contribution in [0.5, 0.6) is 0 Å². The summed E-state index contributed by atoms with van der Waals surface area (Å²) in [6, 6.07) is 18.6. The number of anilines is 2. The van der Waals surface area contributed by atoms with Crippen molar-refractivity contribution in [1.82, 2.24) is 9.97 Å². The van der Waals surface area contributed by atoms with Crippen molar-refractivity contribution in [2.75, 3.05) is 17.2 Å². The molecule has 4 nitrogen and oxygen atoms in total. The van der Waals surface area contributed by atoms with E-state index in [4.69, 9.17) is 0 Å². The van der Waals surface area contributed by atoms with Crippen LogP contribution in [0.2, 0.25) is 0 Å². The fourth-order valence-corrected chi connectivity index (χ4v) is 3.86. The molecule has 0 saturated carbocycles. The zero-order valence-electron chi connectivity index (χ0n) is 20.4. The molecule has 2 N–H and O–H groups in total. The molecule has 2 heterocycles. The number of hydrogen-bond acceptors (Lipinski definition) is 4. The SMILES string of the molecule is CC.CCCNc1ccccc1C(C)Nc1nc(-c2ccccc2C(F)(F)F)cc2cccnc12. The van der Waals surface area contributed by atoms with Crippen LogP contribution in [0.1, 0.15) is 51.3 Å². The minimum absolute atomic E-state index is 0.0384. The van der Waals surface area contributed by atoms with Crippen molar-refractivity contribution in [1.29, 1.82) is 0 Å². The maximum absolute atomic E-state index is 13.7. The number of rotatable bonds is 7. The number of para-hydroxylation sites is 1. The maximum Gasteiger partial charge on any atom is 0.417 e.